The zero-order valence-corrected chi connectivity index (χ0v) is 10.9. The van der Waals surface area contributed by atoms with E-state index in [1.807, 2.05) is 0 Å². The molecule has 0 fully saturated rings. The van der Waals surface area contributed by atoms with E-state index in [0.717, 1.165) is 0 Å². The summed E-state index contributed by atoms with van der Waals surface area (Å²) in [6.07, 6.45) is -0.691. The van der Waals surface area contributed by atoms with Crippen LogP contribution >= 0.6 is 11.8 Å². The zero-order valence-electron chi connectivity index (χ0n) is 10.1. The Bertz CT molecular complexity index is 333. The number of aliphatic hydroxyl groups is 1. The minimum absolute atomic E-state index is 0.160. The Morgan fingerprint density at radius 2 is 2.12 bits per heavy atom. The number of hydrogen-bond acceptors (Lipinski definition) is 6. The molecule has 0 saturated carbocycles. The number of hydrogen-bond donors (Lipinski definition) is 2. The Morgan fingerprint density at radius 3 is 2.62 bits per heavy atom. The SMILES string of the molecule is CC(O)C(N)c1nc(CSC(C)(C)C)no1. The molecular weight excluding hydrogens is 226 g/mol. The van der Waals surface area contributed by atoms with Crippen LogP contribution in [0.5, 0.6) is 0 Å². The van der Waals surface area contributed by atoms with Gasteiger partial charge in [0.25, 0.3) is 0 Å². The van der Waals surface area contributed by atoms with Gasteiger partial charge in [-0.25, -0.2) is 0 Å². The van der Waals surface area contributed by atoms with Crippen LogP contribution in [0.15, 0.2) is 4.52 Å². The molecule has 0 spiro atoms. The van der Waals surface area contributed by atoms with E-state index in [4.69, 9.17) is 10.3 Å². The van der Waals surface area contributed by atoms with E-state index in [1.165, 1.54) is 0 Å². The van der Waals surface area contributed by atoms with Gasteiger partial charge >= 0.3 is 0 Å². The van der Waals surface area contributed by atoms with Crippen LogP contribution in [-0.4, -0.2) is 26.1 Å². The molecule has 1 aromatic rings. The number of aromatic nitrogens is 2. The minimum Gasteiger partial charge on any atom is -0.391 e. The van der Waals surface area contributed by atoms with E-state index < -0.39 is 12.1 Å². The fourth-order valence-corrected chi connectivity index (χ4v) is 1.63. The summed E-state index contributed by atoms with van der Waals surface area (Å²) in [5, 5.41) is 13.1. The van der Waals surface area contributed by atoms with Crippen LogP contribution in [0.3, 0.4) is 0 Å². The van der Waals surface area contributed by atoms with Gasteiger partial charge in [-0.05, 0) is 6.92 Å². The third kappa shape index (κ3) is 4.11. The average Bonchev–Trinajstić information content (AvgIpc) is 2.60. The van der Waals surface area contributed by atoms with E-state index in [1.54, 1.807) is 18.7 Å². The topological polar surface area (TPSA) is 85.2 Å². The van der Waals surface area contributed by atoms with Crippen molar-refractivity contribution in [3.8, 4) is 0 Å². The molecule has 1 rings (SSSR count). The van der Waals surface area contributed by atoms with Crippen LogP contribution in [0.4, 0.5) is 0 Å². The van der Waals surface area contributed by atoms with Crippen LogP contribution in [0.2, 0.25) is 0 Å². The summed E-state index contributed by atoms with van der Waals surface area (Å²) in [5.41, 5.74) is 5.68. The van der Waals surface area contributed by atoms with Gasteiger partial charge in [0.2, 0.25) is 5.89 Å². The molecule has 92 valence electrons. The fourth-order valence-electron chi connectivity index (χ4n) is 0.949. The molecule has 2 unspecified atom stereocenters. The molecule has 6 heteroatoms. The quantitative estimate of drug-likeness (QED) is 0.835. The van der Waals surface area contributed by atoms with Crippen LogP contribution in [0.25, 0.3) is 0 Å². The Labute approximate surface area is 99.8 Å². The maximum Gasteiger partial charge on any atom is 0.246 e. The molecule has 0 aliphatic heterocycles. The van der Waals surface area contributed by atoms with Crippen molar-refractivity contribution in [3.63, 3.8) is 0 Å². The number of nitrogens with two attached hydrogens (primary N) is 1. The zero-order chi connectivity index (χ0) is 12.3. The lowest BCUT2D eigenvalue weighted by Gasteiger charge is -2.15. The van der Waals surface area contributed by atoms with Gasteiger partial charge in [0.05, 0.1) is 11.9 Å². The Morgan fingerprint density at radius 1 is 1.50 bits per heavy atom. The normalized spacial score (nSPS) is 16.1. The second-order valence-electron chi connectivity index (χ2n) is 4.72. The largest absolute Gasteiger partial charge is 0.391 e. The predicted octanol–water partition coefficient (Wildman–Crippen LogP) is 1.48. The van der Waals surface area contributed by atoms with Gasteiger partial charge in [-0.2, -0.15) is 4.98 Å². The van der Waals surface area contributed by atoms with E-state index in [2.05, 4.69) is 30.9 Å². The minimum atomic E-state index is -0.691. The average molecular weight is 245 g/mol. The molecule has 0 aliphatic rings. The Balaban J connectivity index is 2.58. The molecule has 0 amide bonds. The summed E-state index contributed by atoms with van der Waals surface area (Å²) >= 11 is 1.73. The summed E-state index contributed by atoms with van der Waals surface area (Å²) in [4.78, 5) is 4.15. The fraction of sp³-hybridized carbons (Fsp3) is 0.800. The molecule has 16 heavy (non-hydrogen) atoms. The van der Waals surface area contributed by atoms with E-state index in [9.17, 15) is 5.11 Å². The smallest absolute Gasteiger partial charge is 0.246 e. The number of aliphatic hydroxyl groups excluding tert-OH is 1. The molecule has 1 aromatic heterocycles. The highest BCUT2D eigenvalue weighted by atomic mass is 32.2. The molecule has 3 N–H and O–H groups in total. The Kier molecular flexibility index (Phi) is 4.35. The van der Waals surface area contributed by atoms with Crippen LogP contribution < -0.4 is 5.73 Å². The monoisotopic (exact) mass is 245 g/mol. The highest BCUT2D eigenvalue weighted by molar-refractivity contribution is 7.99. The van der Waals surface area contributed by atoms with Gasteiger partial charge < -0.3 is 15.4 Å². The first-order chi connectivity index (χ1) is 7.29. The van der Waals surface area contributed by atoms with Gasteiger partial charge in [0, 0.05) is 4.75 Å². The predicted molar refractivity (Wildman–Crippen MR) is 64.0 cm³/mol. The van der Waals surface area contributed by atoms with Gasteiger partial charge in [-0.3, -0.25) is 0 Å². The van der Waals surface area contributed by atoms with Crippen LogP contribution in [0, 0.1) is 0 Å². The molecule has 5 nitrogen and oxygen atoms in total. The van der Waals surface area contributed by atoms with Crippen molar-refractivity contribution in [3.05, 3.63) is 11.7 Å². The van der Waals surface area contributed by atoms with Crippen molar-refractivity contribution in [2.75, 3.05) is 0 Å². The van der Waals surface area contributed by atoms with Crippen molar-refractivity contribution in [2.45, 2.75) is 50.3 Å². The van der Waals surface area contributed by atoms with Crippen LogP contribution in [0.1, 0.15) is 45.5 Å². The van der Waals surface area contributed by atoms with Crippen LogP contribution in [-0.2, 0) is 5.75 Å². The van der Waals surface area contributed by atoms with E-state index in [0.29, 0.717) is 17.5 Å². The molecule has 0 radical (unpaired) electrons. The second-order valence-corrected chi connectivity index (χ2v) is 6.52. The maximum atomic E-state index is 9.28. The summed E-state index contributed by atoms with van der Waals surface area (Å²) in [6, 6.07) is -0.610. The summed E-state index contributed by atoms with van der Waals surface area (Å²) in [5.74, 6) is 1.59. The third-order valence-electron chi connectivity index (χ3n) is 1.92. The molecule has 2 atom stereocenters. The summed E-state index contributed by atoms with van der Waals surface area (Å²) < 4.78 is 5.15. The number of rotatable bonds is 4. The van der Waals surface area contributed by atoms with Gasteiger partial charge in [-0.15, -0.1) is 11.8 Å². The van der Waals surface area contributed by atoms with Crippen molar-refractivity contribution in [1.29, 1.82) is 0 Å². The maximum absolute atomic E-state index is 9.28. The van der Waals surface area contributed by atoms with Crippen molar-refractivity contribution in [1.82, 2.24) is 10.1 Å². The summed E-state index contributed by atoms with van der Waals surface area (Å²) in [6.45, 7) is 7.97. The molecule has 0 aromatic carbocycles. The second kappa shape index (κ2) is 5.16. The lowest BCUT2D eigenvalue weighted by Crippen LogP contribution is -2.23. The third-order valence-corrected chi connectivity index (χ3v) is 3.19. The molecule has 0 aliphatic carbocycles. The summed E-state index contributed by atoms with van der Waals surface area (Å²) in [7, 11) is 0. The number of nitrogens with zero attached hydrogens (tertiary/aromatic N) is 2. The highest BCUT2D eigenvalue weighted by Gasteiger charge is 2.20. The molecule has 1 heterocycles. The Hall–Kier alpha value is -0.590. The molecule has 0 bridgehead atoms. The first kappa shape index (κ1) is 13.5. The van der Waals surface area contributed by atoms with Gasteiger partial charge in [-0.1, -0.05) is 25.9 Å². The van der Waals surface area contributed by atoms with E-state index in [-0.39, 0.29) is 4.75 Å². The number of thioether (sulfide) groups is 1. The van der Waals surface area contributed by atoms with Gasteiger partial charge in [0.15, 0.2) is 5.82 Å². The first-order valence-corrected chi connectivity index (χ1v) is 6.18. The molecular formula is C10H19N3O2S. The van der Waals surface area contributed by atoms with Crippen molar-refractivity contribution in [2.24, 2.45) is 5.73 Å². The lowest BCUT2D eigenvalue weighted by atomic mass is 10.2. The lowest BCUT2D eigenvalue weighted by molar-refractivity contribution is 0.146. The standard InChI is InChI=1S/C10H19N3O2S/c1-6(14)8(11)9-12-7(13-15-9)5-16-10(2,3)4/h6,8,14H,5,11H2,1-4H3. The first-order valence-electron chi connectivity index (χ1n) is 5.19. The van der Waals surface area contributed by atoms with Gasteiger partial charge in [0.1, 0.15) is 6.04 Å². The van der Waals surface area contributed by atoms with E-state index >= 15 is 0 Å². The van der Waals surface area contributed by atoms with Crippen molar-refractivity contribution >= 4 is 11.8 Å². The highest BCUT2D eigenvalue weighted by Crippen LogP contribution is 2.26. The van der Waals surface area contributed by atoms with Crippen molar-refractivity contribution < 1.29 is 9.63 Å². The molecule has 0 saturated heterocycles.